The summed E-state index contributed by atoms with van der Waals surface area (Å²) >= 11 is 0. The number of benzene rings is 2. The summed E-state index contributed by atoms with van der Waals surface area (Å²) in [5.41, 5.74) is 6.42. The highest BCUT2D eigenvalue weighted by atomic mass is 16.4. The van der Waals surface area contributed by atoms with Crippen LogP contribution in [0.4, 0.5) is 0 Å². The van der Waals surface area contributed by atoms with E-state index in [1.807, 2.05) is 30.3 Å². The molecule has 0 saturated carbocycles. The zero-order valence-electron chi connectivity index (χ0n) is 14.1. The van der Waals surface area contributed by atoms with Gasteiger partial charge in [0.1, 0.15) is 0 Å². The van der Waals surface area contributed by atoms with Gasteiger partial charge in [0, 0.05) is 13.1 Å². The minimum atomic E-state index is -0.724. The zero-order valence-corrected chi connectivity index (χ0v) is 14.1. The number of hydrogen-bond acceptors (Lipinski definition) is 4. The van der Waals surface area contributed by atoms with E-state index < -0.39 is 5.97 Å². The Kier molecular flexibility index (Phi) is 5.80. The average Bonchev–Trinajstić information content (AvgIpc) is 2.66. The lowest BCUT2D eigenvalue weighted by Crippen LogP contribution is -2.42. The quantitative estimate of drug-likeness (QED) is 0.559. The molecule has 3 N–H and O–H groups in total. The molecule has 1 aliphatic rings. The number of carbonyl (C=O) groups is 1. The van der Waals surface area contributed by atoms with Crippen molar-refractivity contribution in [3.8, 4) is 11.1 Å². The number of carboxylic acid groups (broad SMARTS) is 1. The number of nitrogens with one attached hydrogen (secondary N) is 2. The molecule has 0 aliphatic carbocycles. The van der Waals surface area contributed by atoms with Crippen LogP contribution in [0.15, 0.2) is 59.7 Å². The standard InChI is InChI=1S/C20H23N3O2/c24-20(25)19-10-16(11-21-14-19)13-23-22-12-15-5-4-8-18(9-15)17-6-2-1-3-7-17/h1-9,12,16,19,21,23H,10-11,13-14H2,(H,24,25)/b22-12+/t16-,19+/m0/s1. The lowest BCUT2D eigenvalue weighted by Gasteiger charge is -2.27. The SMILES string of the molecule is O=C(O)[C@H]1CNC[C@@H](CN/N=C/c2cccc(-c3ccccc3)c2)C1. The van der Waals surface area contributed by atoms with E-state index in [-0.39, 0.29) is 11.8 Å². The van der Waals surface area contributed by atoms with Crippen LogP contribution in [0, 0.1) is 11.8 Å². The predicted molar refractivity (Wildman–Crippen MR) is 99.6 cm³/mol. The summed E-state index contributed by atoms with van der Waals surface area (Å²) in [5.74, 6) is -0.742. The predicted octanol–water partition coefficient (Wildman–Crippen LogP) is 2.59. The number of nitrogens with zero attached hydrogens (tertiary/aromatic N) is 1. The van der Waals surface area contributed by atoms with E-state index in [1.54, 1.807) is 6.21 Å². The number of rotatable bonds is 6. The van der Waals surface area contributed by atoms with Gasteiger partial charge in [-0.2, -0.15) is 5.10 Å². The number of hydrogen-bond donors (Lipinski definition) is 3. The molecular formula is C20H23N3O2. The van der Waals surface area contributed by atoms with Gasteiger partial charge in [0.05, 0.1) is 12.1 Å². The molecule has 25 heavy (non-hydrogen) atoms. The second-order valence-corrected chi connectivity index (χ2v) is 6.41. The summed E-state index contributed by atoms with van der Waals surface area (Å²) in [6.45, 7) is 2.06. The highest BCUT2D eigenvalue weighted by molar-refractivity contribution is 5.82. The molecule has 5 heteroatoms. The van der Waals surface area contributed by atoms with Crippen LogP contribution in [-0.2, 0) is 4.79 Å². The highest BCUT2D eigenvalue weighted by Gasteiger charge is 2.26. The van der Waals surface area contributed by atoms with Crippen molar-refractivity contribution >= 4 is 12.2 Å². The largest absolute Gasteiger partial charge is 0.481 e. The smallest absolute Gasteiger partial charge is 0.307 e. The third-order valence-electron chi connectivity index (χ3n) is 4.47. The fourth-order valence-corrected chi connectivity index (χ4v) is 3.11. The van der Waals surface area contributed by atoms with Crippen LogP contribution in [0.5, 0.6) is 0 Å². The topological polar surface area (TPSA) is 73.7 Å². The zero-order chi connectivity index (χ0) is 17.5. The minimum Gasteiger partial charge on any atom is -0.481 e. The van der Waals surface area contributed by atoms with Crippen molar-refractivity contribution in [3.05, 3.63) is 60.2 Å². The van der Waals surface area contributed by atoms with Gasteiger partial charge in [0.2, 0.25) is 0 Å². The molecule has 2 aromatic carbocycles. The second-order valence-electron chi connectivity index (χ2n) is 6.41. The molecule has 0 unspecified atom stereocenters. The summed E-state index contributed by atoms with van der Waals surface area (Å²) in [6, 6.07) is 18.5. The number of hydrazone groups is 1. The van der Waals surface area contributed by atoms with E-state index >= 15 is 0 Å². The van der Waals surface area contributed by atoms with E-state index in [0.29, 0.717) is 19.5 Å². The van der Waals surface area contributed by atoms with Gasteiger partial charge in [0.25, 0.3) is 0 Å². The molecule has 0 radical (unpaired) electrons. The minimum absolute atomic E-state index is 0.280. The molecule has 0 bridgehead atoms. The lowest BCUT2D eigenvalue weighted by atomic mass is 9.91. The Labute approximate surface area is 147 Å². The van der Waals surface area contributed by atoms with E-state index in [4.69, 9.17) is 5.11 Å². The first-order valence-electron chi connectivity index (χ1n) is 8.57. The van der Waals surface area contributed by atoms with Crippen molar-refractivity contribution in [1.82, 2.24) is 10.7 Å². The van der Waals surface area contributed by atoms with Crippen LogP contribution >= 0.6 is 0 Å². The fraction of sp³-hybridized carbons (Fsp3) is 0.300. The molecule has 1 saturated heterocycles. The van der Waals surface area contributed by atoms with Crippen LogP contribution in [-0.4, -0.2) is 36.9 Å². The first-order chi connectivity index (χ1) is 12.2. The van der Waals surface area contributed by atoms with Crippen molar-refractivity contribution in [3.63, 3.8) is 0 Å². The summed E-state index contributed by atoms with van der Waals surface area (Å²) < 4.78 is 0. The Morgan fingerprint density at radius 1 is 1.16 bits per heavy atom. The van der Waals surface area contributed by atoms with E-state index in [1.165, 1.54) is 5.56 Å². The van der Waals surface area contributed by atoms with Gasteiger partial charge in [-0.3, -0.25) is 4.79 Å². The Morgan fingerprint density at radius 3 is 2.76 bits per heavy atom. The van der Waals surface area contributed by atoms with Gasteiger partial charge >= 0.3 is 5.97 Å². The van der Waals surface area contributed by atoms with Gasteiger partial charge < -0.3 is 15.8 Å². The Morgan fingerprint density at radius 2 is 1.96 bits per heavy atom. The molecule has 1 fully saturated rings. The van der Waals surface area contributed by atoms with Crippen molar-refractivity contribution in [2.75, 3.05) is 19.6 Å². The first-order valence-corrected chi connectivity index (χ1v) is 8.57. The molecule has 2 atom stereocenters. The van der Waals surface area contributed by atoms with E-state index in [2.05, 4.69) is 40.1 Å². The molecular weight excluding hydrogens is 314 g/mol. The summed E-state index contributed by atoms with van der Waals surface area (Å²) in [4.78, 5) is 11.1. The molecule has 0 aromatic heterocycles. The van der Waals surface area contributed by atoms with Crippen LogP contribution in [0.1, 0.15) is 12.0 Å². The van der Waals surface area contributed by atoms with E-state index in [9.17, 15) is 4.79 Å². The molecule has 0 amide bonds. The van der Waals surface area contributed by atoms with Gasteiger partial charge in [0.15, 0.2) is 0 Å². The van der Waals surface area contributed by atoms with Crippen LogP contribution in [0.2, 0.25) is 0 Å². The molecule has 130 valence electrons. The van der Waals surface area contributed by atoms with Crippen LogP contribution < -0.4 is 10.7 Å². The second kappa shape index (κ2) is 8.44. The van der Waals surface area contributed by atoms with Crippen molar-refractivity contribution < 1.29 is 9.90 Å². The van der Waals surface area contributed by atoms with Gasteiger partial charge in [-0.05, 0) is 41.6 Å². The number of carboxylic acids is 1. The van der Waals surface area contributed by atoms with Gasteiger partial charge in [-0.25, -0.2) is 0 Å². The summed E-state index contributed by atoms with van der Waals surface area (Å²) in [7, 11) is 0. The fourth-order valence-electron chi connectivity index (χ4n) is 3.11. The van der Waals surface area contributed by atoms with Crippen molar-refractivity contribution in [2.45, 2.75) is 6.42 Å². The Bertz CT molecular complexity index is 731. The third kappa shape index (κ3) is 4.90. The summed E-state index contributed by atoms with van der Waals surface area (Å²) in [6.07, 6.45) is 2.49. The maximum Gasteiger partial charge on any atom is 0.307 e. The Hall–Kier alpha value is -2.66. The summed E-state index contributed by atoms with van der Waals surface area (Å²) in [5, 5.41) is 16.6. The molecule has 3 rings (SSSR count). The monoisotopic (exact) mass is 337 g/mol. The third-order valence-corrected chi connectivity index (χ3v) is 4.47. The molecule has 0 spiro atoms. The normalized spacial score (nSPS) is 20.5. The van der Waals surface area contributed by atoms with Crippen LogP contribution in [0.3, 0.4) is 0 Å². The highest BCUT2D eigenvalue weighted by Crippen LogP contribution is 2.19. The van der Waals surface area contributed by atoms with Gasteiger partial charge in [-0.1, -0.05) is 48.5 Å². The Balaban J connectivity index is 1.53. The first kappa shape index (κ1) is 17.2. The number of aliphatic carboxylic acids is 1. The van der Waals surface area contributed by atoms with Crippen LogP contribution in [0.25, 0.3) is 11.1 Å². The molecule has 5 nitrogen and oxygen atoms in total. The van der Waals surface area contributed by atoms with Gasteiger partial charge in [-0.15, -0.1) is 0 Å². The average molecular weight is 337 g/mol. The molecule has 1 aliphatic heterocycles. The maximum atomic E-state index is 11.1. The lowest BCUT2D eigenvalue weighted by molar-refractivity contribution is -0.142. The maximum absolute atomic E-state index is 11.1. The van der Waals surface area contributed by atoms with Crippen molar-refractivity contribution in [2.24, 2.45) is 16.9 Å². The molecule has 2 aromatic rings. The number of piperidine rings is 1. The molecule has 1 heterocycles. The van der Waals surface area contributed by atoms with E-state index in [0.717, 1.165) is 17.7 Å². The van der Waals surface area contributed by atoms with Crippen molar-refractivity contribution in [1.29, 1.82) is 0 Å².